The first-order valence-corrected chi connectivity index (χ1v) is 11.0. The number of methoxy groups -OCH3 is 1. The van der Waals surface area contributed by atoms with Crippen LogP contribution in [0.25, 0.3) is 0 Å². The van der Waals surface area contributed by atoms with Gasteiger partial charge in [0.2, 0.25) is 5.91 Å². The van der Waals surface area contributed by atoms with Gasteiger partial charge in [-0.1, -0.05) is 6.07 Å². The Morgan fingerprint density at radius 1 is 1.19 bits per heavy atom. The molecule has 0 bridgehead atoms. The maximum absolute atomic E-state index is 11.8. The van der Waals surface area contributed by atoms with E-state index in [2.05, 4.69) is 57.3 Å². The maximum atomic E-state index is 11.8. The van der Waals surface area contributed by atoms with Crippen molar-refractivity contribution in [3.63, 3.8) is 0 Å². The predicted octanol–water partition coefficient (Wildman–Crippen LogP) is 4.23. The molecule has 7 nitrogen and oxygen atoms in total. The molecule has 1 saturated heterocycles. The molecular weight excluding hydrogens is 422 g/mol. The number of aromatic nitrogens is 2. The Kier molecular flexibility index (Phi) is 6.53. The summed E-state index contributed by atoms with van der Waals surface area (Å²) in [5, 5.41) is 6.94. The zero-order valence-electron chi connectivity index (χ0n) is 18.4. The predicted molar refractivity (Wildman–Crippen MR) is 130 cm³/mol. The molecule has 3 heterocycles. The summed E-state index contributed by atoms with van der Waals surface area (Å²) in [4.78, 5) is 18.6. The van der Waals surface area contributed by atoms with E-state index in [0.29, 0.717) is 16.8 Å². The topological polar surface area (TPSA) is 71.4 Å². The van der Waals surface area contributed by atoms with E-state index in [1.54, 1.807) is 6.20 Å². The molecule has 0 unspecified atom stereocenters. The molecule has 2 N–H and O–H groups in total. The lowest BCUT2D eigenvalue weighted by Gasteiger charge is -2.30. The van der Waals surface area contributed by atoms with E-state index in [4.69, 9.17) is 17.0 Å². The van der Waals surface area contributed by atoms with Gasteiger partial charge in [0, 0.05) is 42.6 Å². The summed E-state index contributed by atoms with van der Waals surface area (Å²) in [5.41, 5.74) is 3.73. The van der Waals surface area contributed by atoms with Crippen molar-refractivity contribution < 1.29 is 9.53 Å². The Morgan fingerprint density at radius 3 is 2.62 bits per heavy atom. The van der Waals surface area contributed by atoms with Gasteiger partial charge in [-0.15, -0.1) is 0 Å². The summed E-state index contributed by atoms with van der Waals surface area (Å²) in [7, 11) is 1.50. The van der Waals surface area contributed by atoms with E-state index >= 15 is 0 Å². The van der Waals surface area contributed by atoms with Gasteiger partial charge in [0.1, 0.15) is 12.6 Å². The number of pyridine rings is 1. The fourth-order valence-corrected chi connectivity index (χ4v) is 4.44. The molecule has 1 aliphatic rings. The molecule has 2 aromatic heterocycles. The van der Waals surface area contributed by atoms with Crippen molar-refractivity contribution in [3.05, 3.63) is 78.4 Å². The number of nitrogens with zero attached hydrogens (tertiary/aromatic N) is 3. The Balaban J connectivity index is 1.72. The van der Waals surface area contributed by atoms with Crippen molar-refractivity contribution in [3.8, 4) is 0 Å². The number of amides is 1. The van der Waals surface area contributed by atoms with Gasteiger partial charge < -0.3 is 24.8 Å². The first-order chi connectivity index (χ1) is 15.5. The van der Waals surface area contributed by atoms with E-state index < -0.39 is 0 Å². The second-order valence-electron chi connectivity index (χ2n) is 7.96. The van der Waals surface area contributed by atoms with Gasteiger partial charge in [-0.05, 0) is 74.6 Å². The molecule has 1 aliphatic heterocycles. The lowest BCUT2D eigenvalue weighted by atomic mass is 10.0. The summed E-state index contributed by atoms with van der Waals surface area (Å²) in [5.74, 6) is -0.193. The van der Waals surface area contributed by atoms with Crippen LogP contribution in [0.3, 0.4) is 0 Å². The van der Waals surface area contributed by atoms with Crippen molar-refractivity contribution in [1.82, 2.24) is 14.9 Å². The Morgan fingerprint density at radius 2 is 1.97 bits per heavy atom. The van der Waals surface area contributed by atoms with Gasteiger partial charge in [-0.25, -0.2) is 0 Å². The maximum Gasteiger partial charge on any atom is 0.250 e. The third-order valence-electron chi connectivity index (χ3n) is 5.47. The van der Waals surface area contributed by atoms with E-state index in [-0.39, 0.29) is 24.6 Å². The number of carbonyl (C=O) groups is 1. The van der Waals surface area contributed by atoms with Crippen molar-refractivity contribution in [1.29, 1.82) is 0 Å². The molecule has 0 saturated carbocycles. The quantitative estimate of drug-likeness (QED) is 0.526. The van der Waals surface area contributed by atoms with Crippen LogP contribution >= 0.6 is 12.2 Å². The minimum absolute atomic E-state index is 0.0158. The SMILES string of the molecule is COCC(=O)Nc1ccc(N2C(=S)N[C@@H](c3ccccn3)[C@H]2c2cccn2C(C)C)cc1. The standard InChI is InChI=1S/C24H27N5O2S/c1-16(2)28-14-6-8-20(28)23-22(19-7-4-5-13-25-19)27-24(32)29(23)18-11-9-17(10-12-18)26-21(30)15-31-3/h4-14,16,22-23H,15H2,1-3H3,(H,26,30)(H,27,32)/t22-,23+/m0/s1. The van der Waals surface area contributed by atoms with Gasteiger partial charge in [-0.2, -0.15) is 0 Å². The van der Waals surface area contributed by atoms with Crippen LogP contribution in [-0.2, 0) is 9.53 Å². The number of hydrogen-bond acceptors (Lipinski definition) is 4. The average molecular weight is 450 g/mol. The highest BCUT2D eigenvalue weighted by molar-refractivity contribution is 7.80. The Labute approximate surface area is 193 Å². The number of hydrogen-bond donors (Lipinski definition) is 2. The lowest BCUT2D eigenvalue weighted by Crippen LogP contribution is -2.30. The molecule has 166 valence electrons. The highest BCUT2D eigenvalue weighted by atomic mass is 32.1. The smallest absolute Gasteiger partial charge is 0.250 e. The molecule has 4 rings (SSSR count). The van der Waals surface area contributed by atoms with Crippen LogP contribution < -0.4 is 15.5 Å². The molecule has 0 radical (unpaired) electrons. The number of nitrogens with one attached hydrogen (secondary N) is 2. The third-order valence-corrected chi connectivity index (χ3v) is 5.79. The third kappa shape index (κ3) is 4.37. The zero-order chi connectivity index (χ0) is 22.7. The van der Waals surface area contributed by atoms with Crippen molar-refractivity contribution in [2.24, 2.45) is 0 Å². The molecule has 1 aromatic carbocycles. The number of rotatable bonds is 7. The molecule has 3 aromatic rings. The van der Waals surface area contributed by atoms with Gasteiger partial charge in [-0.3, -0.25) is 9.78 Å². The largest absolute Gasteiger partial charge is 0.375 e. The molecule has 0 aliphatic carbocycles. The zero-order valence-corrected chi connectivity index (χ0v) is 19.2. The van der Waals surface area contributed by atoms with E-state index in [1.165, 1.54) is 7.11 Å². The average Bonchev–Trinajstić information content (AvgIpc) is 3.39. The minimum atomic E-state index is -0.193. The number of benzene rings is 1. The lowest BCUT2D eigenvalue weighted by molar-refractivity contribution is -0.119. The molecule has 0 spiro atoms. The summed E-state index contributed by atoms with van der Waals surface area (Å²) < 4.78 is 7.15. The van der Waals surface area contributed by atoms with Gasteiger partial charge >= 0.3 is 0 Å². The first-order valence-electron chi connectivity index (χ1n) is 10.6. The molecular formula is C24H27N5O2S. The van der Waals surface area contributed by atoms with Crippen LogP contribution in [-0.4, -0.2) is 34.3 Å². The number of thiocarbonyl (C=S) groups is 1. The van der Waals surface area contributed by atoms with Crippen molar-refractivity contribution in [2.45, 2.75) is 32.0 Å². The van der Waals surface area contributed by atoms with Crippen LogP contribution in [0.15, 0.2) is 67.0 Å². The van der Waals surface area contributed by atoms with Crippen molar-refractivity contribution >= 4 is 34.6 Å². The van der Waals surface area contributed by atoms with Crippen LogP contribution in [0.4, 0.5) is 11.4 Å². The monoisotopic (exact) mass is 449 g/mol. The van der Waals surface area contributed by atoms with E-state index in [9.17, 15) is 4.79 Å². The van der Waals surface area contributed by atoms with Gasteiger partial charge in [0.15, 0.2) is 5.11 Å². The summed E-state index contributed by atoms with van der Waals surface area (Å²) >= 11 is 5.79. The molecule has 8 heteroatoms. The summed E-state index contributed by atoms with van der Waals surface area (Å²) in [6.07, 6.45) is 3.90. The first kappa shape index (κ1) is 22.0. The molecule has 32 heavy (non-hydrogen) atoms. The summed E-state index contributed by atoms with van der Waals surface area (Å²) in [6, 6.07) is 17.9. The van der Waals surface area contributed by atoms with Crippen LogP contribution in [0.2, 0.25) is 0 Å². The fraction of sp³-hybridized carbons (Fsp3) is 0.292. The Hall–Kier alpha value is -3.23. The number of carbonyl (C=O) groups excluding carboxylic acids is 1. The molecule has 2 atom stereocenters. The van der Waals surface area contributed by atoms with Crippen LogP contribution in [0.5, 0.6) is 0 Å². The van der Waals surface area contributed by atoms with Gasteiger partial charge in [0.05, 0.1) is 11.7 Å². The van der Waals surface area contributed by atoms with Crippen molar-refractivity contribution in [2.75, 3.05) is 23.9 Å². The van der Waals surface area contributed by atoms with Crippen LogP contribution in [0.1, 0.15) is 43.4 Å². The summed E-state index contributed by atoms with van der Waals surface area (Å²) in [6.45, 7) is 4.35. The molecule has 1 amide bonds. The normalized spacial score (nSPS) is 18.1. The second kappa shape index (κ2) is 9.50. The second-order valence-corrected chi connectivity index (χ2v) is 8.35. The number of anilines is 2. The van der Waals surface area contributed by atoms with E-state index in [0.717, 1.165) is 17.1 Å². The number of ether oxygens (including phenoxy) is 1. The van der Waals surface area contributed by atoms with Gasteiger partial charge in [0.25, 0.3) is 0 Å². The minimum Gasteiger partial charge on any atom is -0.375 e. The van der Waals surface area contributed by atoms with Crippen LogP contribution in [0, 0.1) is 0 Å². The Bertz CT molecular complexity index is 1080. The highest BCUT2D eigenvalue weighted by Crippen LogP contribution is 2.42. The molecule has 1 fully saturated rings. The fourth-order valence-electron chi connectivity index (χ4n) is 4.10. The van der Waals surface area contributed by atoms with E-state index in [1.807, 2.05) is 42.5 Å². The highest BCUT2D eigenvalue weighted by Gasteiger charge is 2.42.